The molecule has 0 saturated carbocycles. The van der Waals surface area contributed by atoms with Crippen molar-refractivity contribution in [3.8, 4) is 5.75 Å². The summed E-state index contributed by atoms with van der Waals surface area (Å²) >= 11 is 0. The lowest BCUT2D eigenvalue weighted by molar-refractivity contribution is -0.138. The maximum absolute atomic E-state index is 11.2. The molecule has 6 heteroatoms. The van der Waals surface area contributed by atoms with Gasteiger partial charge in [0.1, 0.15) is 5.75 Å². The number of para-hydroxylation sites is 1. The Kier molecular flexibility index (Phi) is 5.62. The van der Waals surface area contributed by atoms with Crippen LogP contribution in [-0.4, -0.2) is 17.5 Å². The van der Waals surface area contributed by atoms with Gasteiger partial charge in [0, 0.05) is 12.0 Å². The highest BCUT2D eigenvalue weighted by atomic mass is 31.1. The zero-order valence-electron chi connectivity index (χ0n) is 10.0. The lowest BCUT2D eigenvalue weighted by atomic mass is 10.1. The first kappa shape index (κ1) is 14.5. The number of ether oxygens (including phenoxy) is 1. The first-order valence-corrected chi connectivity index (χ1v) is 6.58. The molecule has 1 rings (SSSR count). The number of carbonyl (C=O) groups excluding carboxylic acids is 1. The SMILES string of the molecule is C=C(C)C(=O)OCCc1ccccc1O[PH](=O)O. The van der Waals surface area contributed by atoms with Crippen molar-refractivity contribution in [2.45, 2.75) is 13.3 Å². The van der Waals surface area contributed by atoms with Gasteiger partial charge in [0.05, 0.1) is 6.61 Å². The standard InChI is InChI=1S/C12H15O5P/c1-9(2)12(13)16-8-7-10-5-3-4-6-11(10)17-18(14)15/h3-6,18H,1,7-8H2,2H3,(H,14,15). The van der Waals surface area contributed by atoms with Gasteiger partial charge in [-0.25, -0.2) is 9.36 Å². The summed E-state index contributed by atoms with van der Waals surface area (Å²) in [4.78, 5) is 19.9. The summed E-state index contributed by atoms with van der Waals surface area (Å²) in [7, 11) is -3.03. The normalized spacial score (nSPS) is 11.7. The van der Waals surface area contributed by atoms with Gasteiger partial charge in [0.2, 0.25) is 0 Å². The van der Waals surface area contributed by atoms with Gasteiger partial charge in [0.15, 0.2) is 0 Å². The molecule has 98 valence electrons. The van der Waals surface area contributed by atoms with Gasteiger partial charge in [-0.15, -0.1) is 0 Å². The van der Waals surface area contributed by atoms with Crippen LogP contribution in [0, 0.1) is 0 Å². The van der Waals surface area contributed by atoms with E-state index in [1.165, 1.54) is 0 Å². The average molecular weight is 270 g/mol. The number of carbonyl (C=O) groups is 1. The van der Waals surface area contributed by atoms with Crippen LogP contribution in [0.3, 0.4) is 0 Å². The van der Waals surface area contributed by atoms with E-state index in [0.29, 0.717) is 23.3 Å². The molecule has 1 unspecified atom stereocenters. The van der Waals surface area contributed by atoms with E-state index in [1.807, 2.05) is 0 Å². The minimum atomic E-state index is -3.03. The molecule has 1 atom stereocenters. The minimum Gasteiger partial charge on any atom is -0.462 e. The smallest absolute Gasteiger partial charge is 0.365 e. The quantitative estimate of drug-likeness (QED) is 0.487. The van der Waals surface area contributed by atoms with Crippen LogP contribution in [0.1, 0.15) is 12.5 Å². The van der Waals surface area contributed by atoms with E-state index in [2.05, 4.69) is 6.58 Å². The Morgan fingerprint density at radius 2 is 2.11 bits per heavy atom. The van der Waals surface area contributed by atoms with Crippen LogP contribution in [-0.2, 0) is 20.5 Å². The average Bonchev–Trinajstić information content (AvgIpc) is 2.30. The van der Waals surface area contributed by atoms with E-state index in [1.54, 1.807) is 31.2 Å². The third-order valence-corrected chi connectivity index (χ3v) is 2.52. The molecule has 0 spiro atoms. The molecule has 0 bridgehead atoms. The fourth-order valence-electron chi connectivity index (χ4n) is 1.28. The van der Waals surface area contributed by atoms with Crippen molar-refractivity contribution in [2.24, 2.45) is 0 Å². The van der Waals surface area contributed by atoms with Gasteiger partial charge < -0.3 is 14.2 Å². The van der Waals surface area contributed by atoms with Gasteiger partial charge in [-0.3, -0.25) is 0 Å². The summed E-state index contributed by atoms with van der Waals surface area (Å²) < 4.78 is 20.4. The second-order valence-corrected chi connectivity index (χ2v) is 4.38. The van der Waals surface area contributed by atoms with E-state index in [9.17, 15) is 9.36 Å². The molecular formula is C12H15O5P. The zero-order chi connectivity index (χ0) is 13.5. The monoisotopic (exact) mass is 270 g/mol. The first-order valence-electron chi connectivity index (χ1n) is 5.32. The number of hydrogen-bond acceptors (Lipinski definition) is 4. The Balaban J connectivity index is 2.59. The molecule has 0 aromatic heterocycles. The van der Waals surface area contributed by atoms with E-state index in [0.717, 1.165) is 0 Å². The fourth-order valence-corrected chi connectivity index (χ4v) is 1.67. The summed E-state index contributed by atoms with van der Waals surface area (Å²) in [5, 5.41) is 0. The van der Waals surface area contributed by atoms with Crippen molar-refractivity contribution in [1.29, 1.82) is 0 Å². The molecule has 0 aliphatic carbocycles. The maximum Gasteiger partial charge on any atom is 0.365 e. The van der Waals surface area contributed by atoms with Crippen LogP contribution in [0.5, 0.6) is 5.75 Å². The van der Waals surface area contributed by atoms with Crippen molar-refractivity contribution in [1.82, 2.24) is 0 Å². The molecule has 18 heavy (non-hydrogen) atoms. The topological polar surface area (TPSA) is 72.8 Å². The van der Waals surface area contributed by atoms with Crippen molar-refractivity contribution in [2.75, 3.05) is 6.61 Å². The second-order valence-electron chi connectivity index (χ2n) is 3.64. The third kappa shape index (κ3) is 4.73. The Morgan fingerprint density at radius 1 is 1.44 bits per heavy atom. The highest BCUT2D eigenvalue weighted by molar-refractivity contribution is 7.32. The van der Waals surface area contributed by atoms with Crippen LogP contribution in [0.4, 0.5) is 0 Å². The Labute approximate surface area is 106 Å². The number of benzene rings is 1. The number of hydrogen-bond donors (Lipinski definition) is 1. The molecule has 0 radical (unpaired) electrons. The van der Waals surface area contributed by atoms with Crippen molar-refractivity contribution < 1.29 is 23.5 Å². The van der Waals surface area contributed by atoms with Crippen LogP contribution in [0.2, 0.25) is 0 Å². The summed E-state index contributed by atoms with van der Waals surface area (Å²) in [5.74, 6) is -0.126. The van der Waals surface area contributed by atoms with Gasteiger partial charge in [-0.2, -0.15) is 0 Å². The van der Waals surface area contributed by atoms with E-state index >= 15 is 0 Å². The lowest BCUT2D eigenvalue weighted by Gasteiger charge is -2.09. The van der Waals surface area contributed by atoms with Crippen LogP contribution in [0.15, 0.2) is 36.4 Å². The molecule has 5 nitrogen and oxygen atoms in total. The van der Waals surface area contributed by atoms with Gasteiger partial charge >= 0.3 is 14.2 Å². The molecule has 1 N–H and O–H groups in total. The second kappa shape index (κ2) is 6.99. The zero-order valence-corrected chi connectivity index (χ0v) is 11.0. The molecule has 0 amide bonds. The van der Waals surface area contributed by atoms with E-state index < -0.39 is 14.2 Å². The Bertz CT molecular complexity index is 469. The lowest BCUT2D eigenvalue weighted by Crippen LogP contribution is -2.08. The van der Waals surface area contributed by atoms with Crippen molar-refractivity contribution in [3.63, 3.8) is 0 Å². The molecule has 0 fully saturated rings. The third-order valence-electron chi connectivity index (χ3n) is 2.12. The highest BCUT2D eigenvalue weighted by Crippen LogP contribution is 2.26. The first-order chi connectivity index (χ1) is 8.50. The summed E-state index contributed by atoms with van der Waals surface area (Å²) in [6.45, 7) is 5.20. The summed E-state index contributed by atoms with van der Waals surface area (Å²) in [6, 6.07) is 6.81. The largest absolute Gasteiger partial charge is 0.462 e. The van der Waals surface area contributed by atoms with Crippen molar-refractivity contribution in [3.05, 3.63) is 42.0 Å². The number of esters is 1. The van der Waals surface area contributed by atoms with E-state index in [-0.39, 0.29) is 6.61 Å². The van der Waals surface area contributed by atoms with Crippen LogP contribution < -0.4 is 4.52 Å². The van der Waals surface area contributed by atoms with Gasteiger partial charge in [0.25, 0.3) is 0 Å². The molecule has 0 aliphatic heterocycles. The predicted octanol–water partition coefficient (Wildman–Crippen LogP) is 2.11. The van der Waals surface area contributed by atoms with Gasteiger partial charge in [-0.05, 0) is 18.6 Å². The molecule has 0 heterocycles. The predicted molar refractivity (Wildman–Crippen MR) is 67.8 cm³/mol. The number of rotatable bonds is 6. The van der Waals surface area contributed by atoms with Crippen LogP contribution >= 0.6 is 8.25 Å². The minimum absolute atomic E-state index is 0.165. The summed E-state index contributed by atoms with van der Waals surface area (Å²) in [6.07, 6.45) is 0.407. The molecule has 0 aliphatic rings. The molecular weight excluding hydrogens is 255 g/mol. The molecule has 1 aromatic rings. The molecule has 1 aromatic carbocycles. The van der Waals surface area contributed by atoms with E-state index in [4.69, 9.17) is 14.2 Å². The molecule has 0 saturated heterocycles. The Hall–Kier alpha value is -1.58. The van der Waals surface area contributed by atoms with Gasteiger partial charge in [-0.1, -0.05) is 24.8 Å². The van der Waals surface area contributed by atoms with Crippen molar-refractivity contribution >= 4 is 14.2 Å². The fraction of sp³-hybridized carbons (Fsp3) is 0.250. The maximum atomic E-state index is 11.2. The van der Waals surface area contributed by atoms with Crippen LogP contribution in [0.25, 0.3) is 0 Å². The highest BCUT2D eigenvalue weighted by Gasteiger charge is 2.07. The Morgan fingerprint density at radius 3 is 2.72 bits per heavy atom. The summed E-state index contributed by atoms with van der Waals surface area (Å²) in [5.41, 5.74) is 1.04.